The van der Waals surface area contributed by atoms with Crippen LogP contribution < -0.4 is 0 Å². The second-order valence-corrected chi connectivity index (χ2v) is 18.3. The summed E-state index contributed by atoms with van der Waals surface area (Å²) in [6.45, 7) is 13.3. The Morgan fingerprint density at radius 2 is 1.00 bits per heavy atom. The van der Waals surface area contributed by atoms with E-state index in [2.05, 4.69) is 62.2 Å². The van der Waals surface area contributed by atoms with Crippen molar-refractivity contribution in [2.24, 2.45) is 0 Å². The Balaban J connectivity index is 2.00. The van der Waals surface area contributed by atoms with Gasteiger partial charge < -0.3 is 0 Å². The summed E-state index contributed by atoms with van der Waals surface area (Å²) >= 11 is 0. The zero-order valence-electron chi connectivity index (χ0n) is 16.4. The summed E-state index contributed by atoms with van der Waals surface area (Å²) in [7, 11) is -2.87. The smallest absolute Gasteiger partial charge is 0.194 e. The molecule has 0 saturated heterocycles. The molecule has 0 fully saturated rings. The third-order valence-corrected chi connectivity index (χ3v) is 5.73. The van der Waals surface area contributed by atoms with E-state index in [0.29, 0.717) is 0 Å². The number of benzene rings is 2. The average Bonchev–Trinajstić information content (AvgIpc) is 2.82. The zero-order chi connectivity index (χ0) is 19.1. The van der Waals surface area contributed by atoms with Crippen LogP contribution in [0, 0.1) is 22.9 Å². The van der Waals surface area contributed by atoms with E-state index in [9.17, 15) is 4.79 Å². The number of hydrogen-bond donors (Lipinski definition) is 0. The van der Waals surface area contributed by atoms with Crippen LogP contribution in [0.5, 0.6) is 0 Å². The van der Waals surface area contributed by atoms with Gasteiger partial charge in [-0.3, -0.25) is 4.79 Å². The van der Waals surface area contributed by atoms with Crippen LogP contribution in [0.4, 0.5) is 0 Å². The Kier molecular flexibility index (Phi) is 4.57. The van der Waals surface area contributed by atoms with Crippen LogP contribution in [0.25, 0.3) is 11.1 Å². The Bertz CT molecular complexity index is 943. The highest BCUT2D eigenvalue weighted by molar-refractivity contribution is 6.84. The molecule has 26 heavy (non-hydrogen) atoms. The van der Waals surface area contributed by atoms with Crippen LogP contribution in [0.2, 0.25) is 39.3 Å². The molecule has 1 nitrogen and oxygen atoms in total. The van der Waals surface area contributed by atoms with Gasteiger partial charge in [-0.1, -0.05) is 63.3 Å². The molecule has 3 rings (SSSR count). The van der Waals surface area contributed by atoms with E-state index in [1.54, 1.807) is 0 Å². The van der Waals surface area contributed by atoms with Crippen LogP contribution in [-0.2, 0) is 0 Å². The van der Waals surface area contributed by atoms with Crippen molar-refractivity contribution in [2.75, 3.05) is 0 Å². The normalized spacial score (nSPS) is 12.5. The Morgan fingerprint density at radius 3 is 1.35 bits per heavy atom. The van der Waals surface area contributed by atoms with Crippen LogP contribution in [0.15, 0.2) is 36.4 Å². The fourth-order valence-electron chi connectivity index (χ4n) is 2.75. The lowest BCUT2D eigenvalue weighted by atomic mass is 10.0. The van der Waals surface area contributed by atoms with Crippen molar-refractivity contribution in [1.29, 1.82) is 0 Å². The van der Waals surface area contributed by atoms with Gasteiger partial charge in [0, 0.05) is 22.3 Å². The monoisotopic (exact) mass is 372 g/mol. The number of rotatable bonds is 0. The van der Waals surface area contributed by atoms with Crippen molar-refractivity contribution in [3.05, 3.63) is 58.7 Å². The van der Waals surface area contributed by atoms with E-state index < -0.39 is 16.1 Å². The third-order valence-electron chi connectivity index (χ3n) is 3.98. The first-order valence-electron chi connectivity index (χ1n) is 8.93. The number of hydrogen-bond acceptors (Lipinski definition) is 1. The first-order chi connectivity index (χ1) is 12.0. The SMILES string of the molecule is C[Si](C)(C)C#Cc1ccc2c(c1)C(=O)c1cc(C#C[Si](C)(C)C)ccc1-2. The van der Waals surface area contributed by atoms with Crippen molar-refractivity contribution < 1.29 is 4.79 Å². The second kappa shape index (κ2) is 6.43. The van der Waals surface area contributed by atoms with Gasteiger partial charge in [-0.2, -0.15) is 0 Å². The van der Waals surface area contributed by atoms with Gasteiger partial charge in [0.25, 0.3) is 0 Å². The molecule has 0 heterocycles. The van der Waals surface area contributed by atoms with Crippen molar-refractivity contribution in [3.63, 3.8) is 0 Å². The highest BCUT2D eigenvalue weighted by atomic mass is 28.3. The second-order valence-electron chi connectivity index (χ2n) is 8.85. The molecule has 0 aliphatic heterocycles. The molecule has 1 aliphatic rings. The van der Waals surface area contributed by atoms with Gasteiger partial charge in [0.2, 0.25) is 0 Å². The minimum atomic E-state index is -1.44. The van der Waals surface area contributed by atoms with E-state index >= 15 is 0 Å². The maximum absolute atomic E-state index is 12.9. The van der Waals surface area contributed by atoms with Crippen LogP contribution in [0.1, 0.15) is 27.0 Å². The van der Waals surface area contributed by atoms with E-state index in [1.165, 1.54) is 0 Å². The molecule has 0 bridgehead atoms. The predicted molar refractivity (Wildman–Crippen MR) is 116 cm³/mol. The lowest BCUT2D eigenvalue weighted by Gasteiger charge is -2.04. The maximum atomic E-state index is 12.9. The topological polar surface area (TPSA) is 17.1 Å². The maximum Gasteiger partial charge on any atom is 0.194 e. The summed E-state index contributed by atoms with van der Waals surface area (Å²) < 4.78 is 0. The van der Waals surface area contributed by atoms with Gasteiger partial charge in [-0.05, 0) is 35.4 Å². The lowest BCUT2D eigenvalue weighted by molar-refractivity contribution is 0.104. The van der Waals surface area contributed by atoms with Gasteiger partial charge in [-0.15, -0.1) is 11.1 Å². The molecule has 1 aliphatic carbocycles. The molecule has 2 aromatic carbocycles. The number of ketones is 1. The van der Waals surface area contributed by atoms with E-state index in [4.69, 9.17) is 0 Å². The standard InChI is InChI=1S/C23H24OSi2/c1-25(2,3)13-11-17-7-9-19-20-10-8-18(12-14-26(4,5)6)16-22(20)23(24)21(19)15-17/h7-10,15-16H,1-6H3. The van der Waals surface area contributed by atoms with Crippen molar-refractivity contribution >= 4 is 21.9 Å². The molecule has 0 N–H and O–H groups in total. The largest absolute Gasteiger partial charge is 0.289 e. The highest BCUT2D eigenvalue weighted by Gasteiger charge is 2.26. The van der Waals surface area contributed by atoms with Gasteiger partial charge in [0.05, 0.1) is 0 Å². The number of carbonyl (C=O) groups is 1. The van der Waals surface area contributed by atoms with Gasteiger partial charge in [-0.25, -0.2) is 0 Å². The summed E-state index contributed by atoms with van der Waals surface area (Å²) in [5.74, 6) is 6.59. The molecule has 130 valence electrons. The minimum Gasteiger partial charge on any atom is -0.289 e. The predicted octanol–water partition coefficient (Wildman–Crippen LogP) is 5.36. The summed E-state index contributed by atoms with van der Waals surface area (Å²) in [5.41, 5.74) is 12.1. The molecule has 2 aromatic rings. The van der Waals surface area contributed by atoms with Gasteiger partial charge in [0.1, 0.15) is 16.1 Å². The third kappa shape index (κ3) is 4.07. The van der Waals surface area contributed by atoms with E-state index in [1.807, 2.05) is 36.4 Å². The lowest BCUT2D eigenvalue weighted by Crippen LogP contribution is -2.16. The molecule has 0 spiro atoms. The number of fused-ring (bicyclic) bond motifs is 3. The Hall–Kier alpha value is -2.34. The zero-order valence-corrected chi connectivity index (χ0v) is 18.4. The number of carbonyl (C=O) groups excluding carboxylic acids is 1. The summed E-state index contributed by atoms with van der Waals surface area (Å²) in [4.78, 5) is 12.9. The summed E-state index contributed by atoms with van der Waals surface area (Å²) in [5, 5.41) is 0. The van der Waals surface area contributed by atoms with Crippen molar-refractivity contribution in [2.45, 2.75) is 39.3 Å². The van der Waals surface area contributed by atoms with Gasteiger partial charge in [0.15, 0.2) is 5.78 Å². The van der Waals surface area contributed by atoms with Gasteiger partial charge >= 0.3 is 0 Å². The molecular weight excluding hydrogens is 348 g/mol. The molecule has 0 aromatic heterocycles. The van der Waals surface area contributed by atoms with Crippen LogP contribution >= 0.6 is 0 Å². The molecule has 0 atom stereocenters. The minimum absolute atomic E-state index is 0.0864. The van der Waals surface area contributed by atoms with E-state index in [-0.39, 0.29) is 5.78 Å². The van der Waals surface area contributed by atoms with Crippen molar-refractivity contribution in [3.8, 4) is 34.1 Å². The quantitative estimate of drug-likeness (QED) is 0.384. The Labute approximate surface area is 158 Å². The van der Waals surface area contributed by atoms with Crippen LogP contribution in [0.3, 0.4) is 0 Å². The molecule has 0 unspecified atom stereocenters. The van der Waals surface area contributed by atoms with Crippen LogP contribution in [-0.4, -0.2) is 21.9 Å². The Morgan fingerprint density at radius 1 is 0.615 bits per heavy atom. The first kappa shape index (κ1) is 18.5. The summed E-state index contributed by atoms with van der Waals surface area (Å²) in [6, 6.07) is 12.0. The first-order valence-corrected chi connectivity index (χ1v) is 15.9. The highest BCUT2D eigenvalue weighted by Crippen LogP contribution is 2.37. The molecule has 0 saturated carbocycles. The summed E-state index contributed by atoms with van der Waals surface area (Å²) in [6.07, 6.45) is 0. The molecule has 3 heteroatoms. The molecular formula is C23H24OSi2. The molecule has 0 radical (unpaired) electrons. The van der Waals surface area contributed by atoms with E-state index in [0.717, 1.165) is 33.4 Å². The molecule has 0 amide bonds. The van der Waals surface area contributed by atoms with Crippen molar-refractivity contribution in [1.82, 2.24) is 0 Å². The fourth-order valence-corrected chi connectivity index (χ4v) is 3.79. The average molecular weight is 373 g/mol. The fraction of sp³-hybridized carbons (Fsp3) is 0.261.